The summed E-state index contributed by atoms with van der Waals surface area (Å²) >= 11 is 1.84. The number of likely N-dealkylation sites (tertiary alicyclic amines) is 1. The number of amides is 1. The van der Waals surface area contributed by atoms with Crippen LogP contribution in [0.2, 0.25) is 0 Å². The van der Waals surface area contributed by atoms with Crippen LogP contribution in [0.5, 0.6) is 0 Å². The standard InChI is InChI=1S/C21H21NOS/c23-21(15-18-7-3-6-16-5-1-2-8-19(16)18)22-12-10-17(11-13-22)20-9-4-14-24-20/h1-9,14,17H,10-13,15H2. The fourth-order valence-corrected chi connectivity index (χ4v) is 4.56. The summed E-state index contributed by atoms with van der Waals surface area (Å²) in [7, 11) is 0. The minimum Gasteiger partial charge on any atom is -0.342 e. The summed E-state index contributed by atoms with van der Waals surface area (Å²) in [5, 5.41) is 4.55. The molecule has 1 saturated heterocycles. The molecule has 24 heavy (non-hydrogen) atoms. The van der Waals surface area contributed by atoms with Crippen LogP contribution in [0.15, 0.2) is 60.0 Å². The van der Waals surface area contributed by atoms with E-state index in [-0.39, 0.29) is 5.91 Å². The molecule has 4 rings (SSSR count). The van der Waals surface area contributed by atoms with Crippen molar-refractivity contribution in [1.29, 1.82) is 0 Å². The highest BCUT2D eigenvalue weighted by atomic mass is 32.1. The first-order valence-corrected chi connectivity index (χ1v) is 9.47. The number of carbonyl (C=O) groups excluding carboxylic acids is 1. The maximum Gasteiger partial charge on any atom is 0.227 e. The van der Waals surface area contributed by atoms with Crippen molar-refractivity contribution >= 4 is 28.0 Å². The van der Waals surface area contributed by atoms with Crippen molar-refractivity contribution in [3.63, 3.8) is 0 Å². The van der Waals surface area contributed by atoms with Crippen LogP contribution < -0.4 is 0 Å². The van der Waals surface area contributed by atoms with Gasteiger partial charge in [-0.25, -0.2) is 0 Å². The molecule has 1 fully saturated rings. The van der Waals surface area contributed by atoms with E-state index < -0.39 is 0 Å². The number of thiophene rings is 1. The number of benzene rings is 2. The number of hydrogen-bond donors (Lipinski definition) is 0. The van der Waals surface area contributed by atoms with E-state index in [1.807, 2.05) is 34.4 Å². The van der Waals surface area contributed by atoms with Crippen LogP contribution in [0.1, 0.15) is 29.2 Å². The fourth-order valence-electron chi connectivity index (χ4n) is 3.66. The van der Waals surface area contributed by atoms with E-state index in [0.29, 0.717) is 12.3 Å². The predicted octanol–water partition coefficient (Wildman–Crippen LogP) is 4.85. The van der Waals surface area contributed by atoms with Gasteiger partial charge in [-0.2, -0.15) is 0 Å². The maximum atomic E-state index is 12.7. The van der Waals surface area contributed by atoms with E-state index in [1.54, 1.807) is 0 Å². The third-order valence-electron chi connectivity index (χ3n) is 5.01. The van der Waals surface area contributed by atoms with E-state index >= 15 is 0 Å². The van der Waals surface area contributed by atoms with Crippen LogP contribution in [0.3, 0.4) is 0 Å². The molecule has 0 N–H and O–H groups in total. The highest BCUT2D eigenvalue weighted by molar-refractivity contribution is 7.10. The molecule has 2 aromatic carbocycles. The smallest absolute Gasteiger partial charge is 0.227 e. The highest BCUT2D eigenvalue weighted by Gasteiger charge is 2.24. The van der Waals surface area contributed by atoms with Crippen LogP contribution in [-0.2, 0) is 11.2 Å². The quantitative estimate of drug-likeness (QED) is 0.670. The summed E-state index contributed by atoms with van der Waals surface area (Å²) in [6, 6.07) is 18.9. The first kappa shape index (κ1) is 15.4. The lowest BCUT2D eigenvalue weighted by Crippen LogP contribution is -2.38. The van der Waals surface area contributed by atoms with Gasteiger partial charge in [0.1, 0.15) is 0 Å². The average molecular weight is 335 g/mol. The Hall–Kier alpha value is -2.13. The zero-order chi connectivity index (χ0) is 16.4. The Morgan fingerprint density at radius 1 is 1.00 bits per heavy atom. The summed E-state index contributed by atoms with van der Waals surface area (Å²) in [6.45, 7) is 1.76. The number of hydrogen-bond acceptors (Lipinski definition) is 2. The second-order valence-electron chi connectivity index (χ2n) is 6.49. The summed E-state index contributed by atoms with van der Waals surface area (Å²) in [5.74, 6) is 0.891. The van der Waals surface area contributed by atoms with Crippen LogP contribution in [0.25, 0.3) is 10.8 Å². The molecule has 122 valence electrons. The van der Waals surface area contributed by atoms with Gasteiger partial charge in [-0.3, -0.25) is 4.79 Å². The SMILES string of the molecule is O=C(Cc1cccc2ccccc12)N1CCC(c2cccs2)CC1. The van der Waals surface area contributed by atoms with Gasteiger partial charge in [0.05, 0.1) is 6.42 Å². The fraction of sp³-hybridized carbons (Fsp3) is 0.286. The lowest BCUT2D eigenvalue weighted by molar-refractivity contribution is -0.131. The monoisotopic (exact) mass is 335 g/mol. The predicted molar refractivity (Wildman–Crippen MR) is 101 cm³/mol. The molecule has 1 aliphatic rings. The summed E-state index contributed by atoms with van der Waals surface area (Å²) in [6.07, 6.45) is 2.68. The van der Waals surface area contributed by atoms with Gasteiger partial charge in [0.25, 0.3) is 0 Å². The van der Waals surface area contributed by atoms with Crippen molar-refractivity contribution < 1.29 is 4.79 Å². The molecule has 0 bridgehead atoms. The number of fused-ring (bicyclic) bond motifs is 1. The van der Waals surface area contributed by atoms with Crippen molar-refractivity contribution in [3.8, 4) is 0 Å². The lowest BCUT2D eigenvalue weighted by atomic mass is 9.94. The van der Waals surface area contributed by atoms with Gasteiger partial charge in [0.15, 0.2) is 0 Å². The van der Waals surface area contributed by atoms with Gasteiger partial charge >= 0.3 is 0 Å². The molecule has 2 nitrogen and oxygen atoms in total. The molecule has 1 amide bonds. The topological polar surface area (TPSA) is 20.3 Å². The normalized spacial score (nSPS) is 15.8. The van der Waals surface area contributed by atoms with Gasteiger partial charge in [-0.15, -0.1) is 11.3 Å². The van der Waals surface area contributed by atoms with Crippen molar-refractivity contribution in [3.05, 3.63) is 70.4 Å². The van der Waals surface area contributed by atoms with Gasteiger partial charge in [0, 0.05) is 18.0 Å². The number of nitrogens with zero attached hydrogens (tertiary/aromatic N) is 1. The first-order chi connectivity index (χ1) is 11.8. The Morgan fingerprint density at radius 2 is 1.79 bits per heavy atom. The molecule has 0 aliphatic carbocycles. The molecular formula is C21H21NOS. The van der Waals surface area contributed by atoms with E-state index in [0.717, 1.165) is 31.5 Å². The van der Waals surface area contributed by atoms with Crippen LogP contribution in [0, 0.1) is 0 Å². The zero-order valence-corrected chi connectivity index (χ0v) is 14.5. The summed E-state index contributed by atoms with van der Waals surface area (Å²) < 4.78 is 0. The van der Waals surface area contributed by atoms with Crippen LogP contribution in [-0.4, -0.2) is 23.9 Å². The minimum atomic E-state index is 0.260. The molecule has 3 heteroatoms. The second kappa shape index (κ2) is 6.78. The molecule has 2 heterocycles. The molecule has 0 atom stereocenters. The Balaban J connectivity index is 1.43. The molecule has 0 spiro atoms. The molecule has 0 radical (unpaired) electrons. The van der Waals surface area contributed by atoms with E-state index in [2.05, 4.69) is 41.8 Å². The minimum absolute atomic E-state index is 0.260. The molecule has 3 aromatic rings. The third-order valence-corrected chi connectivity index (χ3v) is 6.05. The Bertz CT molecular complexity index is 827. The Labute approximate surface area is 146 Å². The number of piperidine rings is 1. The number of rotatable bonds is 3. The molecular weight excluding hydrogens is 314 g/mol. The van der Waals surface area contributed by atoms with Crippen LogP contribution in [0.4, 0.5) is 0 Å². The average Bonchev–Trinajstić information content (AvgIpc) is 3.17. The molecule has 1 aliphatic heterocycles. The maximum absolute atomic E-state index is 12.7. The second-order valence-corrected chi connectivity index (χ2v) is 7.46. The lowest BCUT2D eigenvalue weighted by Gasteiger charge is -2.31. The number of carbonyl (C=O) groups is 1. The van der Waals surface area contributed by atoms with Crippen molar-refractivity contribution in [1.82, 2.24) is 4.90 Å². The van der Waals surface area contributed by atoms with E-state index in [4.69, 9.17) is 0 Å². The van der Waals surface area contributed by atoms with Crippen molar-refractivity contribution in [2.75, 3.05) is 13.1 Å². The molecule has 1 aromatic heterocycles. The van der Waals surface area contributed by atoms with Crippen LogP contribution >= 0.6 is 11.3 Å². The zero-order valence-electron chi connectivity index (χ0n) is 13.7. The molecule has 0 unspecified atom stereocenters. The summed E-state index contributed by atoms with van der Waals surface area (Å²) in [5.41, 5.74) is 1.14. The third kappa shape index (κ3) is 3.09. The van der Waals surface area contributed by atoms with Gasteiger partial charge in [-0.05, 0) is 46.5 Å². The van der Waals surface area contributed by atoms with Gasteiger partial charge in [0.2, 0.25) is 5.91 Å². The highest BCUT2D eigenvalue weighted by Crippen LogP contribution is 2.31. The van der Waals surface area contributed by atoms with Gasteiger partial charge in [-0.1, -0.05) is 48.5 Å². The largest absolute Gasteiger partial charge is 0.342 e. The molecule has 0 saturated carbocycles. The van der Waals surface area contributed by atoms with Crippen molar-refractivity contribution in [2.45, 2.75) is 25.2 Å². The first-order valence-electron chi connectivity index (χ1n) is 8.59. The van der Waals surface area contributed by atoms with E-state index in [1.165, 1.54) is 15.6 Å². The Morgan fingerprint density at radius 3 is 2.58 bits per heavy atom. The van der Waals surface area contributed by atoms with E-state index in [9.17, 15) is 4.79 Å². The summed E-state index contributed by atoms with van der Waals surface area (Å²) in [4.78, 5) is 16.2. The van der Waals surface area contributed by atoms with Crippen molar-refractivity contribution in [2.24, 2.45) is 0 Å². The Kier molecular flexibility index (Phi) is 4.35. The van der Waals surface area contributed by atoms with Gasteiger partial charge < -0.3 is 4.90 Å².